The maximum absolute atomic E-state index is 5.37. The lowest BCUT2D eigenvalue weighted by molar-refractivity contribution is 0.490. The van der Waals surface area contributed by atoms with Gasteiger partial charge in [0.25, 0.3) is 0 Å². The normalized spacial score (nSPS) is 12.2. The molecule has 2 N–H and O–H groups in total. The van der Waals surface area contributed by atoms with Gasteiger partial charge in [0.05, 0.1) is 12.3 Å². The summed E-state index contributed by atoms with van der Waals surface area (Å²) in [7, 11) is 0. The van der Waals surface area contributed by atoms with Crippen LogP contribution in [0.5, 0.6) is 0 Å². The van der Waals surface area contributed by atoms with Gasteiger partial charge in [-0.25, -0.2) is 4.98 Å². The van der Waals surface area contributed by atoms with Crippen molar-refractivity contribution in [3.8, 4) is 0 Å². The lowest BCUT2D eigenvalue weighted by atomic mass is 10.2. The molecule has 0 saturated carbocycles. The average Bonchev–Trinajstić information content (AvgIpc) is 2.89. The average molecular weight is 260 g/mol. The van der Waals surface area contributed by atoms with Crippen LogP contribution in [0.1, 0.15) is 37.8 Å². The monoisotopic (exact) mass is 260 g/mol. The molecule has 5 nitrogen and oxygen atoms in total. The first-order valence-corrected chi connectivity index (χ1v) is 6.58. The number of anilines is 2. The highest BCUT2D eigenvalue weighted by molar-refractivity contribution is 5.43. The highest BCUT2D eigenvalue weighted by Crippen LogP contribution is 2.19. The summed E-state index contributed by atoms with van der Waals surface area (Å²) in [6.07, 6.45) is 2.72. The van der Waals surface area contributed by atoms with Crippen molar-refractivity contribution < 1.29 is 4.42 Å². The van der Waals surface area contributed by atoms with Gasteiger partial charge >= 0.3 is 0 Å². The molecular weight excluding hydrogens is 240 g/mol. The second kappa shape index (κ2) is 6.22. The fourth-order valence-corrected chi connectivity index (χ4v) is 1.79. The van der Waals surface area contributed by atoms with Crippen molar-refractivity contribution in [3.63, 3.8) is 0 Å². The molecule has 5 heteroatoms. The van der Waals surface area contributed by atoms with Crippen molar-refractivity contribution >= 4 is 11.8 Å². The molecular formula is C14H20N4O. The summed E-state index contributed by atoms with van der Waals surface area (Å²) in [5, 5.41) is 6.51. The van der Waals surface area contributed by atoms with Gasteiger partial charge in [-0.3, -0.25) is 0 Å². The molecule has 19 heavy (non-hydrogen) atoms. The van der Waals surface area contributed by atoms with Crippen LogP contribution in [0.25, 0.3) is 0 Å². The smallest absolute Gasteiger partial charge is 0.224 e. The zero-order valence-corrected chi connectivity index (χ0v) is 11.6. The molecule has 2 rings (SSSR count). The first kappa shape index (κ1) is 13.4. The summed E-state index contributed by atoms with van der Waals surface area (Å²) in [6, 6.07) is 5.83. The second-order valence-electron chi connectivity index (χ2n) is 4.53. The number of hydrogen-bond donors (Lipinski definition) is 2. The van der Waals surface area contributed by atoms with E-state index in [0.29, 0.717) is 5.95 Å². The minimum Gasteiger partial charge on any atom is -0.467 e. The highest BCUT2D eigenvalue weighted by Gasteiger charge is 2.09. The van der Waals surface area contributed by atoms with Gasteiger partial charge in [-0.05, 0) is 32.4 Å². The van der Waals surface area contributed by atoms with Crippen molar-refractivity contribution in [1.82, 2.24) is 9.97 Å². The Bertz CT molecular complexity index is 510. The van der Waals surface area contributed by atoms with Crippen LogP contribution in [0.4, 0.5) is 11.8 Å². The van der Waals surface area contributed by atoms with Gasteiger partial charge in [-0.15, -0.1) is 0 Å². The largest absolute Gasteiger partial charge is 0.467 e. The number of furan rings is 1. The van der Waals surface area contributed by atoms with Crippen LogP contribution in [0.15, 0.2) is 28.9 Å². The minimum atomic E-state index is 0.0725. The Morgan fingerprint density at radius 1 is 1.37 bits per heavy atom. The fraction of sp³-hybridized carbons (Fsp3) is 0.429. The third-order valence-corrected chi connectivity index (χ3v) is 2.72. The first-order valence-electron chi connectivity index (χ1n) is 6.58. The van der Waals surface area contributed by atoms with Crippen molar-refractivity contribution in [3.05, 3.63) is 35.9 Å². The van der Waals surface area contributed by atoms with Gasteiger partial charge in [0.15, 0.2) is 0 Å². The van der Waals surface area contributed by atoms with Crippen LogP contribution in [0, 0.1) is 6.92 Å². The van der Waals surface area contributed by atoms with Gasteiger partial charge in [0, 0.05) is 18.3 Å². The number of aromatic nitrogens is 2. The Morgan fingerprint density at radius 3 is 2.89 bits per heavy atom. The third kappa shape index (κ3) is 3.71. The molecule has 1 unspecified atom stereocenters. The van der Waals surface area contributed by atoms with E-state index >= 15 is 0 Å². The lowest BCUT2D eigenvalue weighted by Crippen LogP contribution is -2.11. The molecule has 0 aromatic carbocycles. The molecule has 1 atom stereocenters. The highest BCUT2D eigenvalue weighted by atomic mass is 16.3. The predicted octanol–water partition coefficient (Wildman–Crippen LogP) is 3.37. The van der Waals surface area contributed by atoms with Crippen LogP contribution >= 0.6 is 0 Å². The van der Waals surface area contributed by atoms with Crippen molar-refractivity contribution in [2.45, 2.75) is 33.2 Å². The Labute approximate surface area is 113 Å². The van der Waals surface area contributed by atoms with Crippen molar-refractivity contribution in [1.29, 1.82) is 0 Å². The number of hydrogen-bond acceptors (Lipinski definition) is 5. The van der Waals surface area contributed by atoms with Gasteiger partial charge in [0.2, 0.25) is 5.95 Å². The van der Waals surface area contributed by atoms with E-state index in [-0.39, 0.29) is 6.04 Å². The van der Waals surface area contributed by atoms with Crippen molar-refractivity contribution in [2.75, 3.05) is 17.2 Å². The summed E-state index contributed by atoms with van der Waals surface area (Å²) in [5.41, 5.74) is 0.933. The first-order chi connectivity index (χ1) is 9.19. The zero-order chi connectivity index (χ0) is 13.7. The standard InChI is InChI=1S/C14H20N4O/c1-4-7-15-14-16-10(2)9-13(18-14)17-11(3)12-6-5-8-19-12/h5-6,8-9,11H,4,7H2,1-3H3,(H2,15,16,17,18). The molecule has 2 aromatic rings. The molecule has 0 radical (unpaired) electrons. The Balaban J connectivity index is 2.09. The summed E-state index contributed by atoms with van der Waals surface area (Å²) >= 11 is 0. The number of nitrogens with zero attached hydrogens (tertiary/aromatic N) is 2. The van der Waals surface area contributed by atoms with E-state index in [4.69, 9.17) is 4.42 Å². The van der Waals surface area contributed by atoms with Gasteiger partial charge in [-0.1, -0.05) is 6.92 Å². The summed E-state index contributed by atoms with van der Waals surface area (Å²) in [6.45, 7) is 6.98. The minimum absolute atomic E-state index is 0.0725. The van der Waals surface area contributed by atoms with Gasteiger partial charge in [0.1, 0.15) is 11.6 Å². The fourth-order valence-electron chi connectivity index (χ4n) is 1.79. The molecule has 0 fully saturated rings. The van der Waals surface area contributed by atoms with Crippen LogP contribution < -0.4 is 10.6 Å². The van der Waals surface area contributed by atoms with Crippen LogP contribution in [0.3, 0.4) is 0 Å². The molecule has 0 aliphatic carbocycles. The summed E-state index contributed by atoms with van der Waals surface area (Å²) in [5.74, 6) is 2.35. The molecule has 0 spiro atoms. The quantitative estimate of drug-likeness (QED) is 0.833. The van der Waals surface area contributed by atoms with E-state index in [9.17, 15) is 0 Å². The molecule has 0 aliphatic heterocycles. The predicted molar refractivity (Wildman–Crippen MR) is 76.3 cm³/mol. The van der Waals surface area contributed by atoms with Crippen molar-refractivity contribution in [2.24, 2.45) is 0 Å². The van der Waals surface area contributed by atoms with Gasteiger partial charge in [-0.2, -0.15) is 4.98 Å². The van der Waals surface area contributed by atoms with Crippen LogP contribution in [-0.4, -0.2) is 16.5 Å². The molecule has 2 heterocycles. The SMILES string of the molecule is CCCNc1nc(C)cc(NC(C)c2ccco2)n1. The number of rotatable bonds is 6. The number of aryl methyl sites for hydroxylation is 1. The lowest BCUT2D eigenvalue weighted by Gasteiger charge is -2.13. The topological polar surface area (TPSA) is 63.0 Å². The molecule has 0 saturated heterocycles. The van der Waals surface area contributed by atoms with Crippen LogP contribution in [-0.2, 0) is 0 Å². The summed E-state index contributed by atoms with van der Waals surface area (Å²) in [4.78, 5) is 8.80. The Morgan fingerprint density at radius 2 is 2.21 bits per heavy atom. The van der Waals surface area contributed by atoms with Crippen LogP contribution in [0.2, 0.25) is 0 Å². The Hall–Kier alpha value is -2.04. The molecule has 2 aromatic heterocycles. The van der Waals surface area contributed by atoms with E-state index in [2.05, 4.69) is 27.5 Å². The number of nitrogens with one attached hydrogen (secondary N) is 2. The van der Waals surface area contributed by atoms with E-state index < -0.39 is 0 Å². The van der Waals surface area contributed by atoms with E-state index in [1.165, 1.54) is 0 Å². The van der Waals surface area contributed by atoms with E-state index in [0.717, 1.165) is 30.2 Å². The zero-order valence-electron chi connectivity index (χ0n) is 11.6. The molecule has 0 aliphatic rings. The summed E-state index contributed by atoms with van der Waals surface area (Å²) < 4.78 is 5.37. The van der Waals surface area contributed by atoms with E-state index in [1.54, 1.807) is 6.26 Å². The van der Waals surface area contributed by atoms with E-state index in [1.807, 2.05) is 32.0 Å². The molecule has 0 bridgehead atoms. The van der Waals surface area contributed by atoms with Gasteiger partial charge < -0.3 is 15.1 Å². The molecule has 102 valence electrons. The second-order valence-corrected chi connectivity index (χ2v) is 4.53. The maximum atomic E-state index is 5.37. The third-order valence-electron chi connectivity index (χ3n) is 2.72. The molecule has 0 amide bonds. The Kier molecular flexibility index (Phi) is 4.39. The maximum Gasteiger partial charge on any atom is 0.224 e.